The number of nitrogens with one attached hydrogen (secondary N) is 1. The average Bonchev–Trinajstić information content (AvgIpc) is 2.79. The van der Waals surface area contributed by atoms with Crippen molar-refractivity contribution in [3.63, 3.8) is 0 Å². The van der Waals surface area contributed by atoms with Crippen LogP contribution in [0, 0.1) is 0 Å². The first kappa shape index (κ1) is 23.4. The van der Waals surface area contributed by atoms with Gasteiger partial charge >= 0.3 is 12.1 Å². The highest BCUT2D eigenvalue weighted by Gasteiger charge is 2.41. The van der Waals surface area contributed by atoms with E-state index in [9.17, 15) is 14.4 Å². The maximum atomic E-state index is 13.3. The van der Waals surface area contributed by atoms with Gasteiger partial charge in [0.05, 0.1) is 30.9 Å². The fourth-order valence-corrected chi connectivity index (χ4v) is 3.71. The molecule has 1 heterocycles. The molecule has 0 saturated heterocycles. The SMILES string of the molecule is CCOC(=O)CNC(=O)OC1C(=O)c2cc(OC)ccc2OC1c1ccc(OC)c(Br)c1. The number of ether oxygens (including phenoxy) is 5. The van der Waals surface area contributed by atoms with Gasteiger partial charge in [0.15, 0.2) is 6.10 Å². The number of alkyl carbamates (subject to hydrolysis) is 1. The lowest BCUT2D eigenvalue weighted by Gasteiger charge is -2.32. The second-order valence-electron chi connectivity index (χ2n) is 6.64. The second-order valence-corrected chi connectivity index (χ2v) is 7.50. The van der Waals surface area contributed by atoms with Crippen LogP contribution >= 0.6 is 15.9 Å². The molecule has 10 heteroatoms. The lowest BCUT2D eigenvalue weighted by Crippen LogP contribution is -2.43. The standard InChI is InChI=1S/C22H22BrNO8/c1-4-30-18(25)11-24-22(27)32-21-19(26)14-10-13(28-2)6-8-16(14)31-20(21)12-5-7-17(29-3)15(23)9-12/h5-10,20-21H,4,11H2,1-3H3,(H,24,27). The summed E-state index contributed by atoms with van der Waals surface area (Å²) in [5, 5.41) is 2.29. The van der Waals surface area contributed by atoms with Crippen LogP contribution in [0.15, 0.2) is 40.9 Å². The predicted octanol–water partition coefficient (Wildman–Crippen LogP) is 3.44. The van der Waals surface area contributed by atoms with Crippen LogP contribution in [0.2, 0.25) is 0 Å². The molecule has 0 fully saturated rings. The van der Waals surface area contributed by atoms with Crippen molar-refractivity contribution < 1.29 is 38.1 Å². The molecular weight excluding hydrogens is 486 g/mol. The number of hydrogen-bond acceptors (Lipinski definition) is 8. The molecule has 3 rings (SSSR count). The Labute approximate surface area is 193 Å². The Morgan fingerprint density at radius 1 is 1.12 bits per heavy atom. The Hall–Kier alpha value is -3.27. The molecule has 1 amide bonds. The minimum Gasteiger partial charge on any atom is -0.497 e. The van der Waals surface area contributed by atoms with Gasteiger partial charge in [0, 0.05) is 0 Å². The number of carbonyl (C=O) groups is 3. The monoisotopic (exact) mass is 507 g/mol. The summed E-state index contributed by atoms with van der Waals surface area (Å²) in [5.41, 5.74) is 0.798. The van der Waals surface area contributed by atoms with Gasteiger partial charge in [-0.15, -0.1) is 0 Å². The average molecular weight is 508 g/mol. The molecule has 1 aliphatic rings. The number of amides is 1. The van der Waals surface area contributed by atoms with E-state index in [1.54, 1.807) is 37.3 Å². The number of benzene rings is 2. The van der Waals surface area contributed by atoms with Crippen molar-refractivity contribution in [3.05, 3.63) is 52.0 Å². The van der Waals surface area contributed by atoms with Gasteiger partial charge < -0.3 is 29.0 Å². The molecule has 9 nitrogen and oxygen atoms in total. The summed E-state index contributed by atoms with van der Waals surface area (Å²) in [7, 11) is 3.01. The van der Waals surface area contributed by atoms with Crippen LogP contribution in [-0.2, 0) is 14.3 Å². The normalized spacial score (nSPS) is 16.9. The zero-order valence-electron chi connectivity index (χ0n) is 17.7. The van der Waals surface area contributed by atoms with E-state index >= 15 is 0 Å². The van der Waals surface area contributed by atoms with Gasteiger partial charge in [-0.3, -0.25) is 9.59 Å². The van der Waals surface area contributed by atoms with Crippen molar-refractivity contribution in [2.45, 2.75) is 19.1 Å². The number of fused-ring (bicyclic) bond motifs is 1. The summed E-state index contributed by atoms with van der Waals surface area (Å²) in [6.07, 6.45) is -3.19. The quantitative estimate of drug-likeness (QED) is 0.567. The lowest BCUT2D eigenvalue weighted by molar-refractivity contribution is -0.141. The molecular formula is C22H22BrNO8. The first-order valence-corrected chi connectivity index (χ1v) is 10.5. The minimum atomic E-state index is -1.31. The summed E-state index contributed by atoms with van der Waals surface area (Å²) in [6.45, 7) is 1.44. The van der Waals surface area contributed by atoms with Crippen LogP contribution in [0.4, 0.5) is 4.79 Å². The zero-order valence-corrected chi connectivity index (χ0v) is 19.3. The van der Waals surface area contributed by atoms with Gasteiger partial charge in [-0.25, -0.2) is 4.79 Å². The number of ketones is 1. The summed E-state index contributed by atoms with van der Waals surface area (Å²) in [4.78, 5) is 37.1. The van der Waals surface area contributed by atoms with E-state index in [2.05, 4.69) is 21.2 Å². The number of carbonyl (C=O) groups excluding carboxylic acids is 3. The number of Topliss-reactive ketones (excluding diaryl/α,β-unsaturated/α-hetero) is 1. The van der Waals surface area contributed by atoms with Crippen LogP contribution in [0.5, 0.6) is 17.2 Å². The van der Waals surface area contributed by atoms with Crippen molar-refractivity contribution in [1.82, 2.24) is 5.32 Å². The Morgan fingerprint density at radius 3 is 2.56 bits per heavy atom. The third-order valence-corrected chi connectivity index (χ3v) is 5.28. The zero-order chi connectivity index (χ0) is 23.3. The largest absolute Gasteiger partial charge is 0.497 e. The highest BCUT2D eigenvalue weighted by Crippen LogP contribution is 2.40. The third-order valence-electron chi connectivity index (χ3n) is 4.66. The topological polar surface area (TPSA) is 109 Å². The summed E-state index contributed by atoms with van der Waals surface area (Å²) in [6, 6.07) is 9.94. The van der Waals surface area contributed by atoms with Crippen molar-refractivity contribution in [2.24, 2.45) is 0 Å². The van der Waals surface area contributed by atoms with Gasteiger partial charge in [0.25, 0.3) is 0 Å². The molecule has 2 aromatic carbocycles. The molecule has 2 atom stereocenters. The maximum absolute atomic E-state index is 13.3. The van der Waals surface area contributed by atoms with Crippen molar-refractivity contribution in [2.75, 3.05) is 27.4 Å². The molecule has 32 heavy (non-hydrogen) atoms. The minimum absolute atomic E-state index is 0.178. The Morgan fingerprint density at radius 2 is 1.91 bits per heavy atom. The lowest BCUT2D eigenvalue weighted by atomic mass is 9.93. The number of esters is 1. The van der Waals surface area contributed by atoms with Gasteiger partial charge in [0.1, 0.15) is 23.8 Å². The van der Waals surface area contributed by atoms with Crippen LogP contribution in [0.25, 0.3) is 0 Å². The van der Waals surface area contributed by atoms with Crippen LogP contribution in [-0.4, -0.2) is 51.3 Å². The molecule has 1 aliphatic heterocycles. The van der Waals surface area contributed by atoms with Crippen LogP contribution in [0.1, 0.15) is 28.9 Å². The van der Waals surface area contributed by atoms with E-state index < -0.39 is 36.6 Å². The highest BCUT2D eigenvalue weighted by atomic mass is 79.9. The number of methoxy groups -OCH3 is 2. The number of halogens is 1. The molecule has 2 unspecified atom stereocenters. The molecule has 0 aromatic heterocycles. The van der Waals surface area contributed by atoms with E-state index in [0.29, 0.717) is 27.3 Å². The smallest absolute Gasteiger partial charge is 0.408 e. The predicted molar refractivity (Wildman–Crippen MR) is 116 cm³/mol. The third kappa shape index (κ3) is 5.13. The van der Waals surface area contributed by atoms with E-state index in [1.807, 2.05) is 0 Å². The molecule has 0 bridgehead atoms. The summed E-state index contributed by atoms with van der Waals surface area (Å²) in [5.74, 6) is 0.289. The molecule has 1 N–H and O–H groups in total. The van der Waals surface area contributed by atoms with Crippen molar-refractivity contribution >= 4 is 33.8 Å². The summed E-state index contributed by atoms with van der Waals surface area (Å²) < 4.78 is 27.3. The second kappa shape index (κ2) is 10.4. The maximum Gasteiger partial charge on any atom is 0.408 e. The fourth-order valence-electron chi connectivity index (χ4n) is 3.15. The fraction of sp³-hybridized carbons (Fsp3) is 0.318. The van der Waals surface area contributed by atoms with E-state index in [-0.39, 0.29) is 12.2 Å². The van der Waals surface area contributed by atoms with Crippen molar-refractivity contribution in [1.29, 1.82) is 0 Å². The molecule has 170 valence electrons. The molecule has 2 aromatic rings. The first-order valence-electron chi connectivity index (χ1n) is 9.70. The van der Waals surface area contributed by atoms with Gasteiger partial charge in [-0.05, 0) is 58.7 Å². The van der Waals surface area contributed by atoms with Gasteiger partial charge in [-0.2, -0.15) is 0 Å². The molecule has 0 radical (unpaired) electrons. The Balaban J connectivity index is 1.91. The first-order chi connectivity index (χ1) is 15.4. The molecule has 0 aliphatic carbocycles. The molecule has 0 saturated carbocycles. The molecule has 0 spiro atoms. The van der Waals surface area contributed by atoms with Crippen LogP contribution in [0.3, 0.4) is 0 Å². The van der Waals surface area contributed by atoms with Gasteiger partial charge in [-0.1, -0.05) is 6.07 Å². The van der Waals surface area contributed by atoms with E-state index in [0.717, 1.165) is 0 Å². The van der Waals surface area contributed by atoms with Crippen LogP contribution < -0.4 is 19.5 Å². The Bertz CT molecular complexity index is 1020. The van der Waals surface area contributed by atoms with E-state index in [1.165, 1.54) is 20.3 Å². The van der Waals surface area contributed by atoms with E-state index in [4.69, 9.17) is 23.7 Å². The Kier molecular flexibility index (Phi) is 7.57. The van der Waals surface area contributed by atoms with Crippen molar-refractivity contribution in [3.8, 4) is 17.2 Å². The number of rotatable bonds is 7. The highest BCUT2D eigenvalue weighted by molar-refractivity contribution is 9.10. The summed E-state index contributed by atoms with van der Waals surface area (Å²) >= 11 is 3.41. The van der Waals surface area contributed by atoms with Gasteiger partial charge in [0.2, 0.25) is 11.9 Å². The number of hydrogen-bond donors (Lipinski definition) is 1.